The first kappa shape index (κ1) is 17.9. The number of esters is 1. The number of benzene rings is 1. The van der Waals surface area contributed by atoms with E-state index in [0.29, 0.717) is 11.6 Å². The van der Waals surface area contributed by atoms with E-state index >= 15 is 0 Å². The molecule has 0 fully saturated rings. The first-order valence-electron chi connectivity index (χ1n) is 5.11. The van der Waals surface area contributed by atoms with Crippen molar-refractivity contribution in [2.24, 2.45) is 0 Å². The van der Waals surface area contributed by atoms with Gasteiger partial charge >= 0.3 is 17.9 Å². The van der Waals surface area contributed by atoms with E-state index in [0.717, 1.165) is 16.9 Å². The average Bonchev–Trinajstić information content (AvgIpc) is 2.36. The maximum absolute atomic E-state index is 12.8. The Labute approximate surface area is 126 Å². The summed E-state index contributed by atoms with van der Waals surface area (Å²) in [6.07, 6.45) is -5.61. The molecule has 0 aliphatic rings. The monoisotopic (exact) mass is 391 g/mol. The summed E-state index contributed by atoms with van der Waals surface area (Å²) in [6.45, 7) is 0. The van der Waals surface area contributed by atoms with Crippen molar-refractivity contribution in [3.63, 3.8) is 0 Å². The molecule has 0 aromatic heterocycles. The summed E-state index contributed by atoms with van der Waals surface area (Å²) in [5, 5.41) is 9.37. The molecule has 0 amide bonds. The van der Waals surface area contributed by atoms with Gasteiger partial charge in [0, 0.05) is 4.47 Å². The maximum atomic E-state index is 12.8. The van der Waals surface area contributed by atoms with E-state index < -0.39 is 32.8 Å². The molecule has 0 saturated heterocycles. The van der Waals surface area contributed by atoms with Crippen LogP contribution < -0.4 is 4.72 Å². The van der Waals surface area contributed by atoms with Gasteiger partial charge in [-0.25, -0.2) is 13.2 Å². The minimum atomic E-state index is -5.61. The molecule has 11 heteroatoms. The third-order valence-corrected chi connectivity index (χ3v) is 4.28. The zero-order valence-corrected chi connectivity index (χ0v) is 12.7. The number of rotatable bonds is 4. The highest BCUT2D eigenvalue weighted by molar-refractivity contribution is 9.10. The molecule has 0 aliphatic carbocycles. The standard InChI is InChI=1S/C10H9BrF3NO5S/c1-20-8(16)9(17,10(12,13)14)15-21(18,19)7-4-2-6(11)3-5-7/h2-5,15,17H,1H3/t9-/m0/s1. The van der Waals surface area contributed by atoms with Crippen molar-refractivity contribution in [2.75, 3.05) is 7.11 Å². The number of nitrogens with one attached hydrogen (secondary N) is 1. The molecule has 118 valence electrons. The molecule has 0 unspecified atom stereocenters. The lowest BCUT2D eigenvalue weighted by Gasteiger charge is -2.27. The topological polar surface area (TPSA) is 92.7 Å². The van der Waals surface area contributed by atoms with Crippen molar-refractivity contribution in [1.82, 2.24) is 4.72 Å². The van der Waals surface area contributed by atoms with Gasteiger partial charge in [0.25, 0.3) is 0 Å². The van der Waals surface area contributed by atoms with Crippen LogP contribution in [0.2, 0.25) is 0 Å². The quantitative estimate of drug-likeness (QED) is 0.593. The number of sulfonamides is 1. The van der Waals surface area contributed by atoms with Gasteiger partial charge in [0.15, 0.2) is 0 Å². The smallest absolute Gasteiger partial charge is 0.443 e. The van der Waals surface area contributed by atoms with Crippen LogP contribution in [-0.4, -0.2) is 38.5 Å². The molecule has 0 radical (unpaired) electrons. The van der Waals surface area contributed by atoms with E-state index in [1.54, 1.807) is 0 Å². The third kappa shape index (κ3) is 3.73. The highest BCUT2D eigenvalue weighted by Gasteiger charge is 2.63. The minimum Gasteiger partial charge on any atom is -0.466 e. The number of aliphatic hydroxyl groups is 1. The van der Waals surface area contributed by atoms with Crippen LogP contribution in [0, 0.1) is 0 Å². The fraction of sp³-hybridized carbons (Fsp3) is 0.300. The molecule has 6 nitrogen and oxygen atoms in total. The molecule has 1 aromatic rings. The Hall–Kier alpha value is -1.17. The lowest BCUT2D eigenvalue weighted by molar-refractivity contribution is -0.265. The van der Waals surface area contributed by atoms with Gasteiger partial charge in [-0.1, -0.05) is 15.9 Å². The molecule has 0 saturated carbocycles. The predicted octanol–water partition coefficient (Wildman–Crippen LogP) is 1.15. The zero-order chi connectivity index (χ0) is 16.5. The van der Waals surface area contributed by atoms with Crippen molar-refractivity contribution < 1.29 is 36.2 Å². The van der Waals surface area contributed by atoms with E-state index in [9.17, 15) is 31.5 Å². The van der Waals surface area contributed by atoms with Gasteiger partial charge in [-0.15, -0.1) is 0 Å². The third-order valence-electron chi connectivity index (χ3n) is 2.30. The molecule has 0 spiro atoms. The summed E-state index contributed by atoms with van der Waals surface area (Å²) in [5.74, 6) is -2.20. The van der Waals surface area contributed by atoms with Crippen LogP contribution in [0.25, 0.3) is 0 Å². The molecule has 0 bridgehead atoms. The Bertz CT molecular complexity index is 631. The second-order valence-corrected chi connectivity index (χ2v) is 6.36. The fourth-order valence-electron chi connectivity index (χ4n) is 1.23. The highest BCUT2D eigenvalue weighted by atomic mass is 79.9. The minimum absolute atomic E-state index is 0.487. The van der Waals surface area contributed by atoms with Gasteiger partial charge in [0.05, 0.1) is 12.0 Å². The Kier molecular flexibility index (Phi) is 5.03. The van der Waals surface area contributed by atoms with E-state index in [4.69, 9.17) is 0 Å². The Morgan fingerprint density at radius 2 is 1.76 bits per heavy atom. The van der Waals surface area contributed by atoms with Crippen LogP contribution in [0.5, 0.6) is 0 Å². The lowest BCUT2D eigenvalue weighted by atomic mass is 10.2. The number of ether oxygens (including phenoxy) is 1. The molecule has 1 aromatic carbocycles. The Morgan fingerprint density at radius 1 is 1.29 bits per heavy atom. The van der Waals surface area contributed by atoms with Crippen molar-refractivity contribution in [1.29, 1.82) is 0 Å². The molecule has 1 rings (SSSR count). The van der Waals surface area contributed by atoms with E-state index in [1.807, 2.05) is 0 Å². The van der Waals surface area contributed by atoms with Gasteiger partial charge in [-0.2, -0.15) is 17.9 Å². The summed E-state index contributed by atoms with van der Waals surface area (Å²) in [5.41, 5.74) is -4.38. The average molecular weight is 392 g/mol. The Balaban J connectivity index is 3.26. The van der Waals surface area contributed by atoms with Crippen molar-refractivity contribution >= 4 is 31.9 Å². The molecule has 1 atom stereocenters. The predicted molar refractivity (Wildman–Crippen MR) is 67.5 cm³/mol. The summed E-state index contributed by atoms with van der Waals surface area (Å²) in [4.78, 5) is 10.5. The van der Waals surface area contributed by atoms with Gasteiger partial charge in [0.1, 0.15) is 0 Å². The van der Waals surface area contributed by atoms with Gasteiger partial charge in [-0.05, 0) is 24.3 Å². The summed E-state index contributed by atoms with van der Waals surface area (Å²) in [7, 11) is -4.24. The van der Waals surface area contributed by atoms with Gasteiger partial charge in [-0.3, -0.25) is 0 Å². The molecule has 21 heavy (non-hydrogen) atoms. The number of carbonyl (C=O) groups excluding carboxylic acids is 1. The van der Waals surface area contributed by atoms with Crippen molar-refractivity contribution in [3.8, 4) is 0 Å². The van der Waals surface area contributed by atoms with Gasteiger partial charge < -0.3 is 9.84 Å². The van der Waals surface area contributed by atoms with Crippen LogP contribution in [0.4, 0.5) is 13.2 Å². The number of hydrogen-bond acceptors (Lipinski definition) is 5. The maximum Gasteiger partial charge on any atom is 0.443 e. The Morgan fingerprint density at radius 3 is 2.14 bits per heavy atom. The lowest BCUT2D eigenvalue weighted by Crippen LogP contribution is -2.64. The van der Waals surface area contributed by atoms with Gasteiger partial charge in [0.2, 0.25) is 10.0 Å². The number of hydrogen-bond donors (Lipinski definition) is 2. The summed E-state index contributed by atoms with van der Waals surface area (Å²) >= 11 is 3.02. The molecular weight excluding hydrogens is 383 g/mol. The van der Waals surface area contributed by atoms with Crippen LogP contribution in [-0.2, 0) is 19.6 Å². The highest BCUT2D eigenvalue weighted by Crippen LogP contribution is 2.31. The second kappa shape index (κ2) is 5.91. The first-order valence-corrected chi connectivity index (χ1v) is 7.39. The fourth-order valence-corrected chi connectivity index (χ4v) is 2.69. The molecular formula is C10H9BrF3NO5S. The molecule has 0 heterocycles. The summed E-state index contributed by atoms with van der Waals surface area (Å²) < 4.78 is 67.2. The molecule has 2 N–H and O–H groups in total. The molecule has 0 aliphatic heterocycles. The van der Waals surface area contributed by atoms with Crippen LogP contribution in [0.1, 0.15) is 0 Å². The second-order valence-electron chi connectivity index (χ2n) is 3.76. The number of methoxy groups -OCH3 is 1. The number of carbonyl (C=O) groups is 1. The van der Waals surface area contributed by atoms with E-state index in [2.05, 4.69) is 20.7 Å². The normalized spacial score (nSPS) is 15.3. The number of alkyl halides is 3. The van der Waals surface area contributed by atoms with Crippen LogP contribution in [0.15, 0.2) is 33.6 Å². The van der Waals surface area contributed by atoms with E-state index in [-0.39, 0.29) is 0 Å². The zero-order valence-electron chi connectivity index (χ0n) is 10.3. The largest absolute Gasteiger partial charge is 0.466 e. The number of halogens is 4. The SMILES string of the molecule is COC(=O)[C@@](O)(NS(=O)(=O)c1ccc(Br)cc1)C(F)(F)F. The van der Waals surface area contributed by atoms with Crippen LogP contribution >= 0.6 is 15.9 Å². The first-order chi connectivity index (χ1) is 9.44. The summed E-state index contributed by atoms with van der Waals surface area (Å²) in [6, 6.07) is 4.50. The van der Waals surface area contributed by atoms with Crippen LogP contribution in [0.3, 0.4) is 0 Å². The van der Waals surface area contributed by atoms with Crippen molar-refractivity contribution in [3.05, 3.63) is 28.7 Å². The van der Waals surface area contributed by atoms with Crippen molar-refractivity contribution in [2.45, 2.75) is 16.8 Å². The van der Waals surface area contributed by atoms with E-state index in [1.165, 1.54) is 12.1 Å².